The Morgan fingerprint density at radius 1 is 1.45 bits per heavy atom. The summed E-state index contributed by atoms with van der Waals surface area (Å²) >= 11 is 0. The molecule has 1 aliphatic rings. The molecule has 0 spiro atoms. The average Bonchev–Trinajstić information content (AvgIpc) is 2.84. The van der Waals surface area contributed by atoms with Gasteiger partial charge in [-0.2, -0.15) is 0 Å². The molecule has 3 N–H and O–H groups in total. The first-order chi connectivity index (χ1) is 9.85. The van der Waals surface area contributed by atoms with Crippen molar-refractivity contribution in [2.24, 2.45) is 5.92 Å². The molecule has 9 heteroatoms. The molecule has 0 saturated carbocycles. The SMILES string of the molecule is CNS(=O)(=O)c1cc(C(=O)NC2CCNCC2C)c(C)o1.Cl. The van der Waals surface area contributed by atoms with Gasteiger partial charge in [-0.1, -0.05) is 6.92 Å². The summed E-state index contributed by atoms with van der Waals surface area (Å²) in [7, 11) is -2.39. The lowest BCUT2D eigenvalue weighted by molar-refractivity contribution is 0.0912. The second kappa shape index (κ2) is 7.45. The Kier molecular flexibility index (Phi) is 6.42. The number of furan rings is 1. The Labute approximate surface area is 136 Å². The molecule has 1 fully saturated rings. The van der Waals surface area contributed by atoms with Gasteiger partial charge in [0.05, 0.1) is 5.56 Å². The minimum atomic E-state index is -3.68. The minimum Gasteiger partial charge on any atom is -0.448 e. The van der Waals surface area contributed by atoms with Crippen LogP contribution in [0.4, 0.5) is 0 Å². The van der Waals surface area contributed by atoms with Crippen LogP contribution < -0.4 is 15.4 Å². The molecule has 0 aromatic carbocycles. The fraction of sp³-hybridized carbons (Fsp3) is 0.615. The molecule has 1 amide bonds. The van der Waals surface area contributed by atoms with Gasteiger partial charge in [-0.3, -0.25) is 4.79 Å². The smallest absolute Gasteiger partial charge is 0.273 e. The van der Waals surface area contributed by atoms with E-state index in [0.717, 1.165) is 19.5 Å². The molecule has 2 heterocycles. The molecule has 2 unspecified atom stereocenters. The monoisotopic (exact) mass is 351 g/mol. The molecule has 1 aliphatic heterocycles. The van der Waals surface area contributed by atoms with Gasteiger partial charge in [-0.05, 0) is 39.4 Å². The van der Waals surface area contributed by atoms with E-state index in [4.69, 9.17) is 4.42 Å². The van der Waals surface area contributed by atoms with Gasteiger partial charge in [0.15, 0.2) is 0 Å². The van der Waals surface area contributed by atoms with Crippen molar-refractivity contribution >= 4 is 28.3 Å². The molecule has 0 bridgehead atoms. The van der Waals surface area contributed by atoms with E-state index in [1.165, 1.54) is 13.1 Å². The molecule has 0 radical (unpaired) electrons. The van der Waals surface area contributed by atoms with E-state index in [0.29, 0.717) is 11.7 Å². The quantitative estimate of drug-likeness (QED) is 0.739. The fourth-order valence-electron chi connectivity index (χ4n) is 2.39. The standard InChI is InChI=1S/C13H21N3O4S.ClH/c1-8-7-15-5-4-11(8)16-13(17)10-6-12(20-9(10)2)21(18,19)14-3;/h6,8,11,14-15H,4-5,7H2,1-3H3,(H,16,17);1H. The van der Waals surface area contributed by atoms with Crippen molar-refractivity contribution in [1.29, 1.82) is 0 Å². The maximum absolute atomic E-state index is 12.3. The van der Waals surface area contributed by atoms with Gasteiger partial charge in [0.2, 0.25) is 5.09 Å². The Bertz CT molecular complexity index is 629. The van der Waals surface area contributed by atoms with E-state index >= 15 is 0 Å². The van der Waals surface area contributed by atoms with Crippen molar-refractivity contribution in [3.05, 3.63) is 17.4 Å². The molecule has 1 saturated heterocycles. The summed E-state index contributed by atoms with van der Waals surface area (Å²) in [5.41, 5.74) is 0.259. The van der Waals surface area contributed by atoms with E-state index in [1.54, 1.807) is 6.92 Å². The fourth-order valence-corrected chi connectivity index (χ4v) is 3.10. The van der Waals surface area contributed by atoms with Crippen LogP contribution in [-0.4, -0.2) is 40.5 Å². The van der Waals surface area contributed by atoms with Gasteiger partial charge >= 0.3 is 0 Å². The predicted octanol–water partition coefficient (Wildman–Crippen LogP) is 0.646. The summed E-state index contributed by atoms with van der Waals surface area (Å²) in [6.45, 7) is 5.36. The van der Waals surface area contributed by atoms with Crippen LogP contribution in [0, 0.1) is 12.8 Å². The lowest BCUT2D eigenvalue weighted by atomic mass is 9.95. The molecular weight excluding hydrogens is 330 g/mol. The van der Waals surface area contributed by atoms with E-state index < -0.39 is 10.0 Å². The normalized spacial score (nSPS) is 22.0. The molecule has 7 nitrogen and oxygen atoms in total. The highest BCUT2D eigenvalue weighted by atomic mass is 35.5. The van der Waals surface area contributed by atoms with Crippen LogP contribution in [0.15, 0.2) is 15.6 Å². The van der Waals surface area contributed by atoms with Crippen LogP contribution in [0.5, 0.6) is 0 Å². The molecule has 0 aliphatic carbocycles. The van der Waals surface area contributed by atoms with Gasteiger partial charge in [0.1, 0.15) is 5.76 Å². The van der Waals surface area contributed by atoms with E-state index in [-0.39, 0.29) is 35.0 Å². The van der Waals surface area contributed by atoms with Gasteiger partial charge in [0.25, 0.3) is 15.9 Å². The minimum absolute atomic E-state index is 0. The number of hydrogen-bond donors (Lipinski definition) is 3. The van der Waals surface area contributed by atoms with Crippen LogP contribution in [-0.2, 0) is 10.0 Å². The summed E-state index contributed by atoms with van der Waals surface area (Å²) < 4.78 is 30.7. The molecule has 126 valence electrons. The van der Waals surface area contributed by atoms with E-state index in [2.05, 4.69) is 22.3 Å². The van der Waals surface area contributed by atoms with Crippen molar-refractivity contribution in [1.82, 2.24) is 15.4 Å². The Hall–Kier alpha value is -1.09. The van der Waals surface area contributed by atoms with Gasteiger partial charge < -0.3 is 15.1 Å². The summed E-state index contributed by atoms with van der Waals surface area (Å²) in [5, 5.41) is 5.97. The largest absolute Gasteiger partial charge is 0.448 e. The Morgan fingerprint density at radius 3 is 2.73 bits per heavy atom. The van der Waals surface area contributed by atoms with Crippen molar-refractivity contribution < 1.29 is 17.6 Å². The van der Waals surface area contributed by atoms with Gasteiger partial charge in [0, 0.05) is 12.1 Å². The number of rotatable bonds is 4. The first kappa shape index (κ1) is 19.0. The molecule has 2 rings (SSSR count). The van der Waals surface area contributed by atoms with Crippen molar-refractivity contribution in [2.75, 3.05) is 20.1 Å². The highest BCUT2D eigenvalue weighted by Gasteiger charge is 2.26. The zero-order valence-corrected chi connectivity index (χ0v) is 14.4. The van der Waals surface area contributed by atoms with Crippen molar-refractivity contribution in [2.45, 2.75) is 31.4 Å². The number of carbonyl (C=O) groups is 1. The zero-order valence-electron chi connectivity index (χ0n) is 12.8. The maximum atomic E-state index is 12.3. The third-order valence-corrected chi connectivity index (χ3v) is 5.04. The lowest BCUT2D eigenvalue weighted by Crippen LogP contribution is -2.48. The third kappa shape index (κ3) is 4.01. The number of nitrogens with one attached hydrogen (secondary N) is 3. The molecule has 22 heavy (non-hydrogen) atoms. The van der Waals surface area contributed by atoms with E-state index in [1.807, 2.05) is 0 Å². The number of carbonyl (C=O) groups excluding carboxylic acids is 1. The predicted molar refractivity (Wildman–Crippen MR) is 84.8 cm³/mol. The first-order valence-corrected chi connectivity index (χ1v) is 8.39. The highest BCUT2D eigenvalue weighted by Crippen LogP contribution is 2.20. The van der Waals surface area contributed by atoms with Crippen LogP contribution in [0.2, 0.25) is 0 Å². The maximum Gasteiger partial charge on any atom is 0.273 e. The molecular formula is C13H22ClN3O4S. The first-order valence-electron chi connectivity index (χ1n) is 6.90. The Balaban J connectivity index is 0.00000242. The number of sulfonamides is 1. The Morgan fingerprint density at radius 2 is 2.14 bits per heavy atom. The topological polar surface area (TPSA) is 100 Å². The van der Waals surface area contributed by atoms with Crippen LogP contribution in [0.25, 0.3) is 0 Å². The number of amides is 1. The van der Waals surface area contributed by atoms with Crippen molar-refractivity contribution in [3.8, 4) is 0 Å². The van der Waals surface area contributed by atoms with Crippen LogP contribution in [0.1, 0.15) is 29.5 Å². The second-order valence-electron chi connectivity index (χ2n) is 5.29. The van der Waals surface area contributed by atoms with Crippen molar-refractivity contribution in [3.63, 3.8) is 0 Å². The molecule has 2 atom stereocenters. The summed E-state index contributed by atoms with van der Waals surface area (Å²) in [5.74, 6) is 0.325. The number of piperidine rings is 1. The summed E-state index contributed by atoms with van der Waals surface area (Å²) in [6.07, 6.45) is 0.853. The third-order valence-electron chi connectivity index (χ3n) is 3.78. The van der Waals surface area contributed by atoms with Crippen LogP contribution >= 0.6 is 12.4 Å². The second-order valence-corrected chi connectivity index (χ2v) is 7.11. The number of aryl methyl sites for hydroxylation is 1. The van der Waals surface area contributed by atoms with Crippen LogP contribution in [0.3, 0.4) is 0 Å². The number of halogens is 1. The average molecular weight is 352 g/mol. The zero-order chi connectivity index (χ0) is 15.6. The lowest BCUT2D eigenvalue weighted by Gasteiger charge is -2.30. The van der Waals surface area contributed by atoms with E-state index in [9.17, 15) is 13.2 Å². The van der Waals surface area contributed by atoms with Gasteiger partial charge in [-0.25, -0.2) is 13.1 Å². The summed E-state index contributed by atoms with van der Waals surface area (Å²) in [4.78, 5) is 12.3. The summed E-state index contributed by atoms with van der Waals surface area (Å²) in [6, 6.07) is 1.35. The molecule has 1 aromatic heterocycles. The molecule has 1 aromatic rings. The van der Waals surface area contributed by atoms with Gasteiger partial charge in [-0.15, -0.1) is 12.4 Å². The number of hydrogen-bond acceptors (Lipinski definition) is 5. The highest BCUT2D eigenvalue weighted by molar-refractivity contribution is 7.89.